The smallest absolute Gasteiger partial charge is 0.251 e. The Morgan fingerprint density at radius 3 is 2.39 bits per heavy atom. The first-order chi connectivity index (χ1) is 17.4. The molecule has 0 atom stereocenters. The van der Waals surface area contributed by atoms with Crippen molar-refractivity contribution in [2.75, 3.05) is 25.4 Å². The molecule has 1 aliphatic rings. The lowest BCUT2D eigenvalue weighted by Crippen LogP contribution is -2.28. The number of rotatable bonds is 8. The molecule has 1 aromatic heterocycles. The second-order valence-electron chi connectivity index (χ2n) is 8.98. The van der Waals surface area contributed by atoms with Gasteiger partial charge in [-0.15, -0.1) is 11.8 Å². The van der Waals surface area contributed by atoms with E-state index in [1.54, 1.807) is 23.9 Å². The summed E-state index contributed by atoms with van der Waals surface area (Å²) in [5.41, 5.74) is 4.97. The predicted octanol–water partition coefficient (Wildman–Crippen LogP) is 5.45. The summed E-state index contributed by atoms with van der Waals surface area (Å²) >= 11 is 1.71. The van der Waals surface area contributed by atoms with Crippen molar-refractivity contribution < 1.29 is 13.2 Å². The summed E-state index contributed by atoms with van der Waals surface area (Å²) in [4.78, 5) is 17.6. The average Bonchev–Trinajstić information content (AvgIpc) is 3.56. The molecule has 0 saturated carbocycles. The van der Waals surface area contributed by atoms with Gasteiger partial charge in [-0.2, -0.15) is 4.31 Å². The molecule has 186 valence electrons. The van der Waals surface area contributed by atoms with Crippen LogP contribution in [-0.4, -0.2) is 49.0 Å². The highest BCUT2D eigenvalue weighted by Gasteiger charge is 2.27. The van der Waals surface area contributed by atoms with Gasteiger partial charge < -0.3 is 10.3 Å². The summed E-state index contributed by atoms with van der Waals surface area (Å²) in [5.74, 6) is 0.492. The Hall–Kier alpha value is -3.07. The van der Waals surface area contributed by atoms with Crippen LogP contribution in [0.3, 0.4) is 0 Å². The van der Waals surface area contributed by atoms with E-state index in [0.717, 1.165) is 29.6 Å². The van der Waals surface area contributed by atoms with E-state index in [4.69, 9.17) is 0 Å². The summed E-state index contributed by atoms with van der Waals surface area (Å²) in [5, 5.41) is 4.13. The molecule has 2 heterocycles. The maximum atomic E-state index is 12.7. The number of sulfonamides is 1. The van der Waals surface area contributed by atoms with Crippen LogP contribution in [0.15, 0.2) is 82.6 Å². The first-order valence-corrected chi connectivity index (χ1v) is 14.5. The van der Waals surface area contributed by atoms with Crippen LogP contribution in [0, 0.1) is 6.92 Å². The monoisotopic (exact) mass is 519 g/mol. The normalized spacial score (nSPS) is 14.4. The molecule has 1 amide bonds. The highest BCUT2D eigenvalue weighted by molar-refractivity contribution is 7.99. The molecule has 0 spiro atoms. The summed E-state index contributed by atoms with van der Waals surface area (Å²) in [7, 11) is -3.48. The van der Waals surface area contributed by atoms with Crippen LogP contribution in [0.25, 0.3) is 22.2 Å². The first kappa shape index (κ1) is 24.6. The SMILES string of the molecule is Cc1ccc(-c2[nH]c3ccccc3c2SCCNC(=O)c2ccc(S(=O)(=O)N3CCCC3)cc2)cc1. The molecule has 0 unspecified atom stereocenters. The van der Waals surface area contributed by atoms with Gasteiger partial charge in [0.05, 0.1) is 10.6 Å². The maximum absolute atomic E-state index is 12.7. The van der Waals surface area contributed by atoms with Gasteiger partial charge in [-0.3, -0.25) is 4.79 Å². The summed E-state index contributed by atoms with van der Waals surface area (Å²) < 4.78 is 26.9. The van der Waals surface area contributed by atoms with E-state index in [1.165, 1.54) is 32.3 Å². The number of para-hydroxylation sites is 1. The van der Waals surface area contributed by atoms with Crippen molar-refractivity contribution in [2.24, 2.45) is 0 Å². The molecular formula is C28H29N3O3S2. The maximum Gasteiger partial charge on any atom is 0.251 e. The fraction of sp³-hybridized carbons (Fsp3) is 0.250. The average molecular weight is 520 g/mol. The number of hydrogen-bond donors (Lipinski definition) is 2. The van der Waals surface area contributed by atoms with Gasteiger partial charge in [0.25, 0.3) is 5.91 Å². The number of aromatic amines is 1. The third-order valence-electron chi connectivity index (χ3n) is 6.45. The molecule has 36 heavy (non-hydrogen) atoms. The molecule has 3 aromatic carbocycles. The van der Waals surface area contributed by atoms with E-state index in [0.29, 0.717) is 31.0 Å². The van der Waals surface area contributed by atoms with Gasteiger partial charge in [-0.1, -0.05) is 48.0 Å². The number of aryl methyl sites for hydroxylation is 1. The molecule has 0 radical (unpaired) electrons. The third-order valence-corrected chi connectivity index (χ3v) is 9.49. The Labute approximate surface area is 216 Å². The van der Waals surface area contributed by atoms with Gasteiger partial charge in [0.2, 0.25) is 10.0 Å². The standard InChI is InChI=1S/C28H29N3O3S2/c1-20-8-10-21(11-9-20)26-27(24-6-2-3-7-25(24)30-26)35-19-16-29-28(32)22-12-14-23(15-13-22)36(33,34)31-17-4-5-18-31/h2-3,6-15,30H,4-5,16-19H2,1H3,(H,29,32). The van der Waals surface area contributed by atoms with E-state index in [9.17, 15) is 13.2 Å². The van der Waals surface area contributed by atoms with Crippen LogP contribution >= 0.6 is 11.8 Å². The number of thioether (sulfide) groups is 1. The molecular weight excluding hydrogens is 490 g/mol. The minimum atomic E-state index is -3.48. The van der Waals surface area contributed by atoms with Gasteiger partial charge in [-0.25, -0.2) is 8.42 Å². The van der Waals surface area contributed by atoms with Crippen LogP contribution in [0.1, 0.15) is 28.8 Å². The number of nitrogens with one attached hydrogen (secondary N) is 2. The second-order valence-corrected chi connectivity index (χ2v) is 12.0. The molecule has 4 aromatic rings. The molecule has 1 fully saturated rings. The van der Waals surface area contributed by atoms with Crippen LogP contribution < -0.4 is 5.32 Å². The topological polar surface area (TPSA) is 82.3 Å². The van der Waals surface area contributed by atoms with Crippen molar-refractivity contribution in [3.63, 3.8) is 0 Å². The van der Waals surface area contributed by atoms with Gasteiger partial charge in [0, 0.05) is 46.7 Å². The molecule has 1 aliphatic heterocycles. The van der Waals surface area contributed by atoms with Crippen LogP contribution in [0.4, 0.5) is 0 Å². The van der Waals surface area contributed by atoms with Crippen LogP contribution in [-0.2, 0) is 10.0 Å². The van der Waals surface area contributed by atoms with E-state index >= 15 is 0 Å². The van der Waals surface area contributed by atoms with Gasteiger partial charge >= 0.3 is 0 Å². The number of H-pyrrole nitrogens is 1. The Balaban J connectivity index is 1.23. The van der Waals surface area contributed by atoms with Crippen molar-refractivity contribution in [1.82, 2.24) is 14.6 Å². The zero-order valence-electron chi connectivity index (χ0n) is 20.2. The molecule has 8 heteroatoms. The van der Waals surface area contributed by atoms with E-state index in [-0.39, 0.29) is 10.8 Å². The summed E-state index contributed by atoms with van der Waals surface area (Å²) in [6.45, 7) is 3.69. The molecule has 0 aliphatic carbocycles. The van der Waals surface area contributed by atoms with E-state index < -0.39 is 10.0 Å². The fourth-order valence-electron chi connectivity index (χ4n) is 4.47. The zero-order valence-corrected chi connectivity index (χ0v) is 21.8. The summed E-state index contributed by atoms with van der Waals surface area (Å²) in [6, 6.07) is 22.9. The molecule has 1 saturated heterocycles. The lowest BCUT2D eigenvalue weighted by Gasteiger charge is -2.15. The lowest BCUT2D eigenvalue weighted by molar-refractivity contribution is 0.0956. The van der Waals surface area contributed by atoms with Crippen LogP contribution in [0.2, 0.25) is 0 Å². The van der Waals surface area contributed by atoms with Crippen molar-refractivity contribution in [3.05, 3.63) is 83.9 Å². The molecule has 0 bridgehead atoms. The molecule has 5 rings (SSSR count). The molecule has 2 N–H and O–H groups in total. The number of aromatic nitrogens is 1. The number of amides is 1. The van der Waals surface area contributed by atoms with Crippen molar-refractivity contribution in [3.8, 4) is 11.3 Å². The number of carbonyl (C=O) groups is 1. The number of fused-ring (bicyclic) bond motifs is 1. The van der Waals surface area contributed by atoms with Crippen molar-refractivity contribution in [2.45, 2.75) is 29.6 Å². The van der Waals surface area contributed by atoms with E-state index in [1.807, 2.05) is 12.1 Å². The van der Waals surface area contributed by atoms with Gasteiger partial charge in [-0.05, 0) is 55.7 Å². The lowest BCUT2D eigenvalue weighted by atomic mass is 10.1. The third kappa shape index (κ3) is 5.07. The zero-order chi connectivity index (χ0) is 25.1. The highest BCUT2D eigenvalue weighted by Crippen LogP contribution is 2.37. The quantitative estimate of drug-likeness (QED) is 0.240. The number of benzene rings is 3. The minimum absolute atomic E-state index is 0.210. The number of carbonyl (C=O) groups excluding carboxylic acids is 1. The van der Waals surface area contributed by atoms with Gasteiger partial charge in [0.15, 0.2) is 0 Å². The van der Waals surface area contributed by atoms with E-state index in [2.05, 4.69) is 53.6 Å². The molecule has 6 nitrogen and oxygen atoms in total. The Bertz CT molecular complexity index is 1470. The Morgan fingerprint density at radius 1 is 0.972 bits per heavy atom. The number of nitrogens with zero attached hydrogens (tertiary/aromatic N) is 1. The van der Waals surface area contributed by atoms with Crippen LogP contribution in [0.5, 0.6) is 0 Å². The highest BCUT2D eigenvalue weighted by atomic mass is 32.2. The Kier molecular flexibility index (Phi) is 7.18. The Morgan fingerprint density at radius 2 is 1.67 bits per heavy atom. The van der Waals surface area contributed by atoms with Crippen molar-refractivity contribution >= 4 is 38.6 Å². The fourth-order valence-corrected chi connectivity index (χ4v) is 7.04. The largest absolute Gasteiger partial charge is 0.354 e. The summed E-state index contributed by atoms with van der Waals surface area (Å²) in [6.07, 6.45) is 1.78. The minimum Gasteiger partial charge on any atom is -0.354 e. The second kappa shape index (κ2) is 10.5. The predicted molar refractivity (Wildman–Crippen MR) is 146 cm³/mol. The first-order valence-electron chi connectivity index (χ1n) is 12.1. The van der Waals surface area contributed by atoms with Gasteiger partial charge in [0.1, 0.15) is 0 Å². The van der Waals surface area contributed by atoms with Crippen molar-refractivity contribution in [1.29, 1.82) is 0 Å². The number of hydrogen-bond acceptors (Lipinski definition) is 4.